The van der Waals surface area contributed by atoms with Crippen LogP contribution in [0.25, 0.3) is 0 Å². The highest BCUT2D eigenvalue weighted by Gasteiger charge is 2.20. The van der Waals surface area contributed by atoms with Gasteiger partial charge in [0.2, 0.25) is 0 Å². The van der Waals surface area contributed by atoms with E-state index in [1.807, 2.05) is 6.07 Å². The van der Waals surface area contributed by atoms with E-state index in [-0.39, 0.29) is 5.41 Å². The number of hydrogen-bond acceptors (Lipinski definition) is 1. The van der Waals surface area contributed by atoms with Gasteiger partial charge < -0.3 is 10.6 Å². The molecule has 0 aromatic heterocycles. The molecule has 3 nitrogen and oxygen atoms in total. The van der Waals surface area contributed by atoms with Gasteiger partial charge in [0.1, 0.15) is 0 Å². The maximum Gasteiger partial charge on any atom is 0.191 e. The van der Waals surface area contributed by atoms with Crippen molar-refractivity contribution in [2.24, 2.45) is 4.99 Å². The fraction of sp³-hybridized carbons (Fsp3) is 0.562. The van der Waals surface area contributed by atoms with Crippen LogP contribution in [0.5, 0.6) is 0 Å². The van der Waals surface area contributed by atoms with Crippen molar-refractivity contribution >= 4 is 5.96 Å². The van der Waals surface area contributed by atoms with Gasteiger partial charge in [0.15, 0.2) is 5.96 Å². The second-order valence-corrected chi connectivity index (χ2v) is 5.74. The van der Waals surface area contributed by atoms with E-state index >= 15 is 0 Å². The second kappa shape index (κ2) is 7.17. The van der Waals surface area contributed by atoms with Crippen LogP contribution in [0.15, 0.2) is 35.3 Å². The summed E-state index contributed by atoms with van der Waals surface area (Å²) >= 11 is 0. The first-order chi connectivity index (χ1) is 8.95. The molecule has 106 valence electrons. The molecule has 0 saturated carbocycles. The summed E-state index contributed by atoms with van der Waals surface area (Å²) in [6.07, 6.45) is 0. The number of guanidine groups is 1. The lowest BCUT2D eigenvalue weighted by molar-refractivity contribution is 0.536. The summed E-state index contributed by atoms with van der Waals surface area (Å²) in [5.41, 5.74) is 1.36. The standard InChI is InChI=1S/C16H27N3/c1-6-17-15(19-13(2)3)18-12-16(4,5)14-10-8-7-9-11-14/h7-11,13H,6,12H2,1-5H3,(H2,17,18,19). The highest BCUT2D eigenvalue weighted by molar-refractivity contribution is 5.80. The minimum absolute atomic E-state index is 0.0423. The Bertz CT molecular complexity index is 394. The van der Waals surface area contributed by atoms with Crippen LogP contribution >= 0.6 is 0 Å². The average molecular weight is 261 g/mol. The number of hydrogen-bond donors (Lipinski definition) is 2. The van der Waals surface area contributed by atoms with Gasteiger partial charge in [-0.1, -0.05) is 44.2 Å². The van der Waals surface area contributed by atoms with E-state index in [4.69, 9.17) is 4.99 Å². The molecule has 0 fully saturated rings. The third-order valence-corrected chi connectivity index (χ3v) is 2.96. The number of benzene rings is 1. The largest absolute Gasteiger partial charge is 0.357 e. The Morgan fingerprint density at radius 3 is 2.37 bits per heavy atom. The van der Waals surface area contributed by atoms with E-state index in [1.54, 1.807) is 0 Å². The van der Waals surface area contributed by atoms with Crippen molar-refractivity contribution in [2.45, 2.75) is 46.1 Å². The topological polar surface area (TPSA) is 36.4 Å². The monoisotopic (exact) mass is 261 g/mol. The van der Waals surface area contributed by atoms with E-state index < -0.39 is 0 Å². The zero-order valence-corrected chi connectivity index (χ0v) is 12.8. The molecule has 19 heavy (non-hydrogen) atoms. The first-order valence-corrected chi connectivity index (χ1v) is 7.06. The summed E-state index contributed by atoms with van der Waals surface area (Å²) in [5, 5.41) is 6.62. The Labute approximate surface area is 117 Å². The number of nitrogens with one attached hydrogen (secondary N) is 2. The van der Waals surface area contributed by atoms with E-state index in [1.165, 1.54) is 5.56 Å². The third kappa shape index (κ3) is 5.33. The molecule has 0 radical (unpaired) electrons. The van der Waals surface area contributed by atoms with Gasteiger partial charge in [0.05, 0.1) is 6.54 Å². The van der Waals surface area contributed by atoms with Crippen molar-refractivity contribution in [2.75, 3.05) is 13.1 Å². The zero-order valence-electron chi connectivity index (χ0n) is 12.8. The molecule has 0 amide bonds. The van der Waals surface area contributed by atoms with Crippen LogP contribution in [0.1, 0.15) is 40.2 Å². The lowest BCUT2D eigenvalue weighted by Gasteiger charge is -2.24. The minimum atomic E-state index is 0.0423. The van der Waals surface area contributed by atoms with Crippen LogP contribution in [0.3, 0.4) is 0 Å². The molecule has 0 bridgehead atoms. The molecule has 3 heteroatoms. The molecule has 0 saturated heterocycles. The van der Waals surface area contributed by atoms with Gasteiger partial charge in [-0.2, -0.15) is 0 Å². The van der Waals surface area contributed by atoms with Gasteiger partial charge >= 0.3 is 0 Å². The molecule has 1 aromatic carbocycles. The first-order valence-electron chi connectivity index (χ1n) is 7.06. The summed E-state index contributed by atoms with van der Waals surface area (Å²) in [7, 11) is 0. The molecular formula is C16H27N3. The maximum absolute atomic E-state index is 4.70. The van der Waals surface area contributed by atoms with Gasteiger partial charge in [0.25, 0.3) is 0 Å². The van der Waals surface area contributed by atoms with Crippen molar-refractivity contribution in [3.05, 3.63) is 35.9 Å². The highest BCUT2D eigenvalue weighted by atomic mass is 15.2. The Morgan fingerprint density at radius 1 is 1.21 bits per heavy atom. The van der Waals surface area contributed by atoms with Crippen LogP contribution < -0.4 is 10.6 Å². The number of aliphatic imine (C=N–C) groups is 1. The van der Waals surface area contributed by atoms with E-state index in [9.17, 15) is 0 Å². The fourth-order valence-electron chi connectivity index (χ4n) is 1.85. The van der Waals surface area contributed by atoms with Gasteiger partial charge in [0, 0.05) is 18.0 Å². The molecule has 0 aliphatic rings. The number of rotatable bonds is 5. The van der Waals surface area contributed by atoms with E-state index in [0.29, 0.717) is 6.04 Å². The van der Waals surface area contributed by atoms with Crippen molar-refractivity contribution in [3.63, 3.8) is 0 Å². The molecule has 0 heterocycles. The summed E-state index contributed by atoms with van der Waals surface area (Å²) in [5.74, 6) is 0.890. The number of nitrogens with zero attached hydrogens (tertiary/aromatic N) is 1. The normalized spacial score (nSPS) is 12.6. The van der Waals surface area contributed by atoms with Crippen molar-refractivity contribution in [1.82, 2.24) is 10.6 Å². The smallest absolute Gasteiger partial charge is 0.191 e. The van der Waals surface area contributed by atoms with Gasteiger partial charge in [-0.05, 0) is 26.3 Å². The predicted molar refractivity (Wildman–Crippen MR) is 83.7 cm³/mol. The van der Waals surface area contributed by atoms with Gasteiger partial charge in [-0.3, -0.25) is 4.99 Å². The lowest BCUT2D eigenvalue weighted by atomic mass is 9.85. The summed E-state index contributed by atoms with van der Waals surface area (Å²) in [4.78, 5) is 4.70. The molecule has 2 N–H and O–H groups in total. The van der Waals surface area contributed by atoms with E-state index in [0.717, 1.165) is 19.0 Å². The molecule has 0 unspecified atom stereocenters. The van der Waals surface area contributed by atoms with Crippen LogP contribution in [0.2, 0.25) is 0 Å². The average Bonchev–Trinajstić information content (AvgIpc) is 2.37. The Balaban J connectivity index is 2.75. The molecule has 0 atom stereocenters. The molecule has 0 spiro atoms. The fourth-order valence-corrected chi connectivity index (χ4v) is 1.85. The van der Waals surface area contributed by atoms with E-state index in [2.05, 4.69) is 69.5 Å². The van der Waals surface area contributed by atoms with Gasteiger partial charge in [-0.25, -0.2) is 0 Å². The van der Waals surface area contributed by atoms with Crippen LogP contribution in [-0.2, 0) is 5.41 Å². The summed E-state index contributed by atoms with van der Waals surface area (Å²) in [6, 6.07) is 10.9. The van der Waals surface area contributed by atoms with Crippen LogP contribution in [0, 0.1) is 0 Å². The maximum atomic E-state index is 4.70. The predicted octanol–water partition coefficient (Wildman–Crippen LogP) is 2.93. The van der Waals surface area contributed by atoms with Crippen molar-refractivity contribution in [3.8, 4) is 0 Å². The molecular weight excluding hydrogens is 234 g/mol. The van der Waals surface area contributed by atoms with Crippen molar-refractivity contribution < 1.29 is 0 Å². The minimum Gasteiger partial charge on any atom is -0.357 e. The van der Waals surface area contributed by atoms with Crippen LogP contribution in [0.4, 0.5) is 0 Å². The Morgan fingerprint density at radius 2 is 1.84 bits per heavy atom. The highest BCUT2D eigenvalue weighted by Crippen LogP contribution is 2.22. The molecule has 1 rings (SSSR count). The SMILES string of the molecule is CCNC(=NCC(C)(C)c1ccccc1)NC(C)C. The molecule has 0 aliphatic carbocycles. The molecule has 0 aliphatic heterocycles. The lowest BCUT2D eigenvalue weighted by Crippen LogP contribution is -2.41. The van der Waals surface area contributed by atoms with Crippen molar-refractivity contribution in [1.29, 1.82) is 0 Å². The third-order valence-electron chi connectivity index (χ3n) is 2.96. The molecule has 1 aromatic rings. The summed E-state index contributed by atoms with van der Waals surface area (Å²) in [6.45, 7) is 12.4. The summed E-state index contributed by atoms with van der Waals surface area (Å²) < 4.78 is 0. The van der Waals surface area contributed by atoms with Gasteiger partial charge in [-0.15, -0.1) is 0 Å². The second-order valence-electron chi connectivity index (χ2n) is 5.74. The zero-order chi connectivity index (χ0) is 14.3. The Kier molecular flexibility index (Phi) is 5.87. The Hall–Kier alpha value is -1.51. The quantitative estimate of drug-likeness (QED) is 0.631. The van der Waals surface area contributed by atoms with Crippen LogP contribution in [-0.4, -0.2) is 25.1 Å². The first kappa shape index (κ1) is 15.5.